The highest BCUT2D eigenvalue weighted by atomic mass is 16.5. The number of nitrogens with zero attached hydrogens (tertiary/aromatic N) is 1. The zero-order chi connectivity index (χ0) is 13.5. The molecule has 0 aliphatic heterocycles. The Bertz CT molecular complexity index is 327. The van der Waals surface area contributed by atoms with E-state index in [2.05, 4.69) is 37.9 Å². The lowest BCUT2D eigenvalue weighted by molar-refractivity contribution is 0.108. The van der Waals surface area contributed by atoms with E-state index < -0.39 is 0 Å². The highest BCUT2D eigenvalue weighted by Gasteiger charge is 2.26. The molecule has 2 unspecified atom stereocenters. The van der Waals surface area contributed by atoms with Crippen molar-refractivity contribution in [1.29, 1.82) is 0 Å². The van der Waals surface area contributed by atoms with Crippen LogP contribution < -0.4 is 5.73 Å². The van der Waals surface area contributed by atoms with Crippen molar-refractivity contribution < 1.29 is 4.74 Å². The fourth-order valence-corrected chi connectivity index (χ4v) is 2.45. The fraction of sp³-hybridized carbons (Fsp3) is 0.600. The summed E-state index contributed by atoms with van der Waals surface area (Å²) in [7, 11) is 3.85. The van der Waals surface area contributed by atoms with Crippen molar-refractivity contribution in [3.05, 3.63) is 35.9 Å². The van der Waals surface area contributed by atoms with E-state index in [4.69, 9.17) is 10.5 Å². The third-order valence-electron chi connectivity index (χ3n) is 3.39. The van der Waals surface area contributed by atoms with Gasteiger partial charge in [0.05, 0.1) is 6.61 Å². The fourth-order valence-electron chi connectivity index (χ4n) is 2.45. The van der Waals surface area contributed by atoms with Gasteiger partial charge in [-0.15, -0.1) is 0 Å². The Labute approximate surface area is 111 Å². The largest absolute Gasteiger partial charge is 0.383 e. The van der Waals surface area contributed by atoms with Crippen molar-refractivity contribution in [2.75, 3.05) is 27.3 Å². The van der Waals surface area contributed by atoms with Crippen LogP contribution >= 0.6 is 0 Å². The molecule has 18 heavy (non-hydrogen) atoms. The summed E-state index contributed by atoms with van der Waals surface area (Å²) in [5.74, 6) is 0.502. The Morgan fingerprint density at radius 1 is 1.22 bits per heavy atom. The van der Waals surface area contributed by atoms with Crippen LogP contribution in [0, 0.1) is 5.92 Å². The van der Waals surface area contributed by atoms with Crippen LogP contribution in [0.5, 0.6) is 0 Å². The molecule has 3 nitrogen and oxygen atoms in total. The molecule has 2 atom stereocenters. The van der Waals surface area contributed by atoms with Crippen molar-refractivity contribution in [2.24, 2.45) is 11.7 Å². The molecule has 0 aliphatic carbocycles. The highest BCUT2D eigenvalue weighted by Crippen LogP contribution is 2.23. The van der Waals surface area contributed by atoms with Gasteiger partial charge in [-0.1, -0.05) is 44.2 Å². The summed E-state index contributed by atoms with van der Waals surface area (Å²) in [6, 6.07) is 10.7. The number of hydrogen-bond donors (Lipinski definition) is 1. The van der Waals surface area contributed by atoms with Gasteiger partial charge in [-0.05, 0) is 18.5 Å². The standard InChI is InChI=1S/C15H26N2O/c1-12(2)15(17(3)10-11-18-4)14(16)13-8-6-5-7-9-13/h5-9,12,14-15H,10-11,16H2,1-4H3. The first kappa shape index (κ1) is 15.2. The van der Waals surface area contributed by atoms with Gasteiger partial charge in [-0.2, -0.15) is 0 Å². The minimum absolute atomic E-state index is 0.0352. The van der Waals surface area contributed by atoms with Gasteiger partial charge >= 0.3 is 0 Å². The van der Waals surface area contributed by atoms with E-state index in [1.54, 1.807) is 7.11 Å². The van der Waals surface area contributed by atoms with Gasteiger partial charge in [0.25, 0.3) is 0 Å². The molecule has 2 N–H and O–H groups in total. The van der Waals surface area contributed by atoms with E-state index in [0.717, 1.165) is 13.2 Å². The number of nitrogens with two attached hydrogens (primary N) is 1. The zero-order valence-electron chi connectivity index (χ0n) is 12.0. The predicted molar refractivity (Wildman–Crippen MR) is 76.5 cm³/mol. The van der Waals surface area contributed by atoms with Crippen LogP contribution in [0.15, 0.2) is 30.3 Å². The number of benzene rings is 1. The Morgan fingerprint density at radius 2 is 1.83 bits per heavy atom. The summed E-state index contributed by atoms with van der Waals surface area (Å²) in [4.78, 5) is 2.30. The maximum absolute atomic E-state index is 6.43. The Hall–Kier alpha value is -0.900. The third kappa shape index (κ3) is 4.09. The maximum Gasteiger partial charge on any atom is 0.0589 e. The molecule has 0 bridgehead atoms. The lowest BCUT2D eigenvalue weighted by Crippen LogP contribution is -2.45. The Kier molecular flexibility index (Phi) is 6.33. The molecule has 0 amide bonds. The van der Waals surface area contributed by atoms with E-state index in [9.17, 15) is 0 Å². The second-order valence-electron chi connectivity index (χ2n) is 5.14. The molecule has 0 saturated carbocycles. The lowest BCUT2D eigenvalue weighted by atomic mass is 9.90. The number of hydrogen-bond acceptors (Lipinski definition) is 3. The second kappa shape index (κ2) is 7.52. The van der Waals surface area contributed by atoms with Crippen molar-refractivity contribution in [1.82, 2.24) is 4.90 Å². The Balaban J connectivity index is 2.78. The summed E-state index contributed by atoms with van der Waals surface area (Å²) in [6.45, 7) is 6.08. The SMILES string of the molecule is COCCN(C)C(C(C)C)C(N)c1ccccc1. The van der Waals surface area contributed by atoms with E-state index in [1.165, 1.54) is 5.56 Å². The predicted octanol–water partition coefficient (Wildman–Crippen LogP) is 2.29. The molecule has 1 aromatic carbocycles. The molecule has 0 aromatic heterocycles. The maximum atomic E-state index is 6.43. The molecule has 0 heterocycles. The summed E-state index contributed by atoms with van der Waals surface area (Å²) < 4.78 is 5.15. The van der Waals surface area contributed by atoms with Crippen LogP contribution in [0.3, 0.4) is 0 Å². The van der Waals surface area contributed by atoms with Gasteiger partial charge in [-0.25, -0.2) is 0 Å². The summed E-state index contributed by atoms with van der Waals surface area (Å²) in [6.07, 6.45) is 0. The minimum atomic E-state index is 0.0352. The second-order valence-corrected chi connectivity index (χ2v) is 5.14. The first-order valence-electron chi connectivity index (χ1n) is 6.57. The first-order valence-corrected chi connectivity index (χ1v) is 6.57. The topological polar surface area (TPSA) is 38.5 Å². The number of rotatable bonds is 7. The van der Waals surface area contributed by atoms with Gasteiger partial charge in [-0.3, -0.25) is 4.90 Å². The third-order valence-corrected chi connectivity index (χ3v) is 3.39. The van der Waals surface area contributed by atoms with Crippen LogP contribution in [-0.2, 0) is 4.74 Å². The molecule has 0 fully saturated rings. The van der Waals surface area contributed by atoms with Crippen LogP contribution in [-0.4, -0.2) is 38.3 Å². The average Bonchev–Trinajstić information content (AvgIpc) is 2.37. The van der Waals surface area contributed by atoms with Gasteiger partial charge in [0.1, 0.15) is 0 Å². The van der Waals surface area contributed by atoms with Crippen LogP contribution in [0.1, 0.15) is 25.5 Å². The van der Waals surface area contributed by atoms with Crippen LogP contribution in [0.2, 0.25) is 0 Å². The molecular formula is C15H26N2O. The molecule has 3 heteroatoms. The number of ether oxygens (including phenoxy) is 1. The molecule has 0 radical (unpaired) electrons. The van der Waals surface area contributed by atoms with Crippen molar-refractivity contribution >= 4 is 0 Å². The quantitative estimate of drug-likeness (QED) is 0.807. The molecule has 0 aliphatic rings. The highest BCUT2D eigenvalue weighted by molar-refractivity contribution is 5.20. The first-order chi connectivity index (χ1) is 8.57. The smallest absolute Gasteiger partial charge is 0.0589 e. The van der Waals surface area contributed by atoms with E-state index in [0.29, 0.717) is 12.0 Å². The van der Waals surface area contributed by atoms with Crippen molar-refractivity contribution in [2.45, 2.75) is 25.9 Å². The van der Waals surface area contributed by atoms with Gasteiger partial charge in [0.15, 0.2) is 0 Å². The molecule has 1 aromatic rings. The summed E-state index contributed by atoms with van der Waals surface area (Å²) in [5.41, 5.74) is 7.63. The molecule has 102 valence electrons. The molecule has 0 spiro atoms. The monoisotopic (exact) mass is 250 g/mol. The van der Waals surface area contributed by atoms with E-state index in [-0.39, 0.29) is 6.04 Å². The number of methoxy groups -OCH3 is 1. The average molecular weight is 250 g/mol. The van der Waals surface area contributed by atoms with Crippen molar-refractivity contribution in [3.63, 3.8) is 0 Å². The van der Waals surface area contributed by atoms with E-state index >= 15 is 0 Å². The summed E-state index contributed by atoms with van der Waals surface area (Å²) in [5, 5.41) is 0. The molecule has 1 rings (SSSR count). The molecule has 0 saturated heterocycles. The summed E-state index contributed by atoms with van der Waals surface area (Å²) >= 11 is 0. The zero-order valence-corrected chi connectivity index (χ0v) is 12.0. The van der Waals surface area contributed by atoms with E-state index in [1.807, 2.05) is 18.2 Å². The minimum Gasteiger partial charge on any atom is -0.383 e. The lowest BCUT2D eigenvalue weighted by Gasteiger charge is -2.35. The van der Waals surface area contributed by atoms with Gasteiger partial charge < -0.3 is 10.5 Å². The van der Waals surface area contributed by atoms with Gasteiger partial charge in [0, 0.05) is 25.7 Å². The Morgan fingerprint density at radius 3 is 2.33 bits per heavy atom. The van der Waals surface area contributed by atoms with Crippen molar-refractivity contribution in [3.8, 4) is 0 Å². The normalized spacial score (nSPS) is 15.1. The number of likely N-dealkylation sites (N-methyl/N-ethyl adjacent to an activating group) is 1. The van der Waals surface area contributed by atoms with Crippen LogP contribution in [0.4, 0.5) is 0 Å². The van der Waals surface area contributed by atoms with Gasteiger partial charge in [0.2, 0.25) is 0 Å². The molecular weight excluding hydrogens is 224 g/mol. The van der Waals surface area contributed by atoms with Crippen LogP contribution in [0.25, 0.3) is 0 Å².